The molecule has 25 heavy (non-hydrogen) atoms. The smallest absolute Gasteiger partial charge is 0.280 e. The van der Waals surface area contributed by atoms with Crippen molar-refractivity contribution in [3.05, 3.63) is 30.2 Å². The number of carbonyl (C=O) groups excluding carboxylic acids is 1. The van der Waals surface area contributed by atoms with Crippen LogP contribution in [0.5, 0.6) is 0 Å². The number of carbonyl (C=O) groups is 1. The maximum Gasteiger partial charge on any atom is 0.280 e. The summed E-state index contributed by atoms with van der Waals surface area (Å²) in [5, 5.41) is 0. The van der Waals surface area contributed by atoms with Crippen molar-refractivity contribution in [2.24, 2.45) is 0 Å². The molecule has 0 aromatic carbocycles. The summed E-state index contributed by atoms with van der Waals surface area (Å²) >= 11 is 1.21. The number of amides is 1. The molecule has 1 saturated heterocycles. The molecular weight excluding hydrogens is 345 g/mol. The molecule has 1 amide bonds. The van der Waals surface area contributed by atoms with E-state index in [0.717, 1.165) is 5.69 Å². The highest BCUT2D eigenvalue weighted by molar-refractivity contribution is 7.95. The second-order valence-corrected chi connectivity index (χ2v) is 6.97. The molecule has 0 spiro atoms. The summed E-state index contributed by atoms with van der Waals surface area (Å²) in [4.78, 5) is 18.7. The molecule has 1 N–H and O–H groups in total. The van der Waals surface area contributed by atoms with Crippen molar-refractivity contribution in [1.29, 1.82) is 0 Å². The summed E-state index contributed by atoms with van der Waals surface area (Å²) in [6.07, 6.45) is 3.14. The number of rotatable bonds is 7. The van der Waals surface area contributed by atoms with Gasteiger partial charge in [-0.1, -0.05) is 0 Å². The van der Waals surface area contributed by atoms with Gasteiger partial charge in [0.05, 0.1) is 18.5 Å². The van der Waals surface area contributed by atoms with Gasteiger partial charge in [-0.05, 0) is 25.6 Å². The summed E-state index contributed by atoms with van der Waals surface area (Å²) in [7, 11) is 3.51. The number of anilines is 1. The van der Waals surface area contributed by atoms with Gasteiger partial charge >= 0.3 is 0 Å². The van der Waals surface area contributed by atoms with E-state index in [1.165, 1.54) is 12.1 Å². The summed E-state index contributed by atoms with van der Waals surface area (Å²) in [6.45, 7) is 2.35. The lowest BCUT2D eigenvalue weighted by molar-refractivity contribution is 0.0977. The molecule has 1 fully saturated rings. The molecule has 1 unspecified atom stereocenters. The summed E-state index contributed by atoms with van der Waals surface area (Å²) < 4.78 is 24.9. The van der Waals surface area contributed by atoms with E-state index in [0.29, 0.717) is 44.0 Å². The molecule has 0 radical (unpaired) electrons. The minimum Gasteiger partial charge on any atom is -0.383 e. The Morgan fingerprint density at radius 1 is 1.56 bits per heavy atom. The van der Waals surface area contributed by atoms with Crippen molar-refractivity contribution >= 4 is 29.4 Å². The minimum absolute atomic E-state index is 0.233. The van der Waals surface area contributed by atoms with Gasteiger partial charge in [0, 0.05) is 45.1 Å². The van der Waals surface area contributed by atoms with Crippen molar-refractivity contribution in [1.82, 2.24) is 18.4 Å². The molecule has 7 nitrogen and oxygen atoms in total. The fourth-order valence-corrected chi connectivity index (χ4v) is 3.22. The topological polar surface area (TPSA) is 62.1 Å². The number of halogens is 1. The molecule has 2 aromatic heterocycles. The molecule has 1 aliphatic heterocycles. The number of pyridine rings is 1. The summed E-state index contributed by atoms with van der Waals surface area (Å²) in [5.41, 5.74) is 2.02. The molecule has 1 aliphatic rings. The minimum atomic E-state index is -0.791. The zero-order valence-corrected chi connectivity index (χ0v) is 15.1. The highest BCUT2D eigenvalue weighted by Gasteiger charge is 2.23. The average molecular weight is 367 g/mol. The Morgan fingerprint density at radius 3 is 3.12 bits per heavy atom. The van der Waals surface area contributed by atoms with Crippen LogP contribution in [0.3, 0.4) is 0 Å². The number of methoxy groups -OCH3 is 1. The average Bonchev–Trinajstić information content (AvgIpc) is 3.23. The van der Waals surface area contributed by atoms with E-state index >= 15 is 0 Å². The molecule has 3 heterocycles. The van der Waals surface area contributed by atoms with E-state index in [1.54, 1.807) is 17.7 Å². The number of imidazole rings is 1. The third-order valence-electron chi connectivity index (χ3n) is 4.12. The van der Waals surface area contributed by atoms with E-state index in [9.17, 15) is 9.18 Å². The lowest BCUT2D eigenvalue weighted by Crippen LogP contribution is -2.26. The van der Waals surface area contributed by atoms with E-state index < -0.39 is 6.17 Å². The van der Waals surface area contributed by atoms with Crippen LogP contribution < -0.4 is 9.62 Å². The van der Waals surface area contributed by atoms with Crippen LogP contribution in [-0.2, 0) is 4.74 Å². The number of hydrogen-bond acceptors (Lipinski definition) is 6. The first-order chi connectivity index (χ1) is 12.1. The quantitative estimate of drug-likeness (QED) is 0.753. The van der Waals surface area contributed by atoms with Crippen LogP contribution in [0.15, 0.2) is 24.5 Å². The zero-order chi connectivity index (χ0) is 17.8. The third kappa shape index (κ3) is 4.23. The number of hydrogen-bond donors (Lipinski definition) is 1. The second kappa shape index (κ2) is 8.03. The first kappa shape index (κ1) is 18.0. The number of fused-ring (bicyclic) bond motifs is 1. The number of alkyl halides is 1. The number of nitrogens with one attached hydrogen (secondary N) is 1. The molecule has 0 bridgehead atoms. The van der Waals surface area contributed by atoms with Crippen LogP contribution in [0.4, 0.5) is 10.1 Å². The van der Waals surface area contributed by atoms with Gasteiger partial charge < -0.3 is 9.64 Å². The lowest BCUT2D eigenvalue weighted by Gasteiger charge is -2.18. The number of aromatic nitrogens is 2. The van der Waals surface area contributed by atoms with Gasteiger partial charge in [0.2, 0.25) is 0 Å². The van der Waals surface area contributed by atoms with Gasteiger partial charge in [0.1, 0.15) is 17.5 Å². The first-order valence-corrected chi connectivity index (χ1v) is 8.89. The van der Waals surface area contributed by atoms with Gasteiger partial charge in [0.25, 0.3) is 5.91 Å². The van der Waals surface area contributed by atoms with Gasteiger partial charge in [-0.15, -0.1) is 0 Å². The number of nitrogens with zero attached hydrogens (tertiary/aromatic N) is 4. The fourth-order valence-electron chi connectivity index (χ4n) is 2.71. The van der Waals surface area contributed by atoms with Gasteiger partial charge in [0.15, 0.2) is 0 Å². The normalized spacial score (nSPS) is 17.6. The van der Waals surface area contributed by atoms with E-state index in [-0.39, 0.29) is 5.91 Å². The highest BCUT2D eigenvalue weighted by Crippen LogP contribution is 2.23. The molecule has 1 atom stereocenters. The Hall–Kier alpha value is -1.84. The van der Waals surface area contributed by atoms with Crippen molar-refractivity contribution in [3.8, 4) is 0 Å². The van der Waals surface area contributed by atoms with E-state index in [4.69, 9.17) is 4.74 Å². The van der Waals surface area contributed by atoms with Crippen LogP contribution in [0, 0.1) is 0 Å². The van der Waals surface area contributed by atoms with Crippen LogP contribution in [0.25, 0.3) is 5.65 Å². The van der Waals surface area contributed by atoms with Crippen LogP contribution in [0.2, 0.25) is 0 Å². The number of likely N-dealkylation sites (N-methyl/N-ethyl adjacent to an activating group) is 1. The predicted molar refractivity (Wildman–Crippen MR) is 96.5 cm³/mol. The molecular formula is C16H22FN5O2S. The van der Waals surface area contributed by atoms with E-state index in [1.807, 2.05) is 34.6 Å². The van der Waals surface area contributed by atoms with Crippen molar-refractivity contribution in [2.75, 3.05) is 45.3 Å². The Balaban J connectivity index is 1.71. The van der Waals surface area contributed by atoms with Crippen molar-refractivity contribution < 1.29 is 13.9 Å². The molecule has 0 aliphatic carbocycles. The Labute approximate surface area is 150 Å². The van der Waals surface area contributed by atoms with E-state index in [2.05, 4.69) is 9.71 Å². The van der Waals surface area contributed by atoms with Crippen LogP contribution in [0.1, 0.15) is 16.9 Å². The molecule has 2 aromatic rings. The van der Waals surface area contributed by atoms with Crippen molar-refractivity contribution in [2.45, 2.75) is 12.6 Å². The maximum absolute atomic E-state index is 13.4. The van der Waals surface area contributed by atoms with Crippen molar-refractivity contribution in [3.63, 3.8) is 0 Å². The molecule has 136 valence electrons. The summed E-state index contributed by atoms with van der Waals surface area (Å²) in [5.74, 6) is -0.233. The van der Waals surface area contributed by atoms with Gasteiger partial charge in [-0.25, -0.2) is 13.7 Å². The van der Waals surface area contributed by atoms with Crippen LogP contribution >= 0.6 is 12.1 Å². The SMILES string of the molecule is COCCN(C)SNC(=O)c1cnc2ccc(N3CCC(F)C3)cn12. The third-order valence-corrected chi connectivity index (χ3v) is 4.89. The fraction of sp³-hybridized carbons (Fsp3) is 0.500. The van der Waals surface area contributed by atoms with Gasteiger partial charge in [-0.3, -0.25) is 13.9 Å². The monoisotopic (exact) mass is 367 g/mol. The predicted octanol–water partition coefficient (Wildman–Crippen LogP) is 1.75. The highest BCUT2D eigenvalue weighted by atomic mass is 32.2. The Bertz CT molecular complexity index is 740. The lowest BCUT2D eigenvalue weighted by atomic mass is 10.3. The largest absolute Gasteiger partial charge is 0.383 e. The zero-order valence-electron chi connectivity index (χ0n) is 14.3. The Morgan fingerprint density at radius 2 is 2.40 bits per heavy atom. The molecule has 9 heteroatoms. The van der Waals surface area contributed by atoms with Gasteiger partial charge in [-0.2, -0.15) is 0 Å². The summed E-state index contributed by atoms with van der Waals surface area (Å²) in [6, 6.07) is 3.75. The number of ether oxygens (including phenoxy) is 1. The standard InChI is InChI=1S/C16H22FN5O2S/c1-20(7-8-24-2)25-19-16(23)14-9-18-15-4-3-13(11-22(14)15)21-6-5-12(17)10-21/h3-4,9,11-12H,5-8,10H2,1-2H3,(H,19,23). The Kier molecular flexibility index (Phi) is 5.77. The maximum atomic E-state index is 13.4. The van der Waals surface area contributed by atoms with Crippen LogP contribution in [-0.4, -0.2) is 66.2 Å². The first-order valence-electron chi connectivity index (χ1n) is 8.12. The molecule has 0 saturated carbocycles. The molecule has 3 rings (SSSR count). The second-order valence-electron chi connectivity index (χ2n) is 5.96.